The predicted molar refractivity (Wildman–Crippen MR) is 233 cm³/mol. The first kappa shape index (κ1) is 32.2. The standard InChI is InChI=1S/C51H31N3OS/c1-4-16-32(17-5-1)42-31-43(54-51(53-42)34-20-8-3-9-21-34)35-22-14-23-36(30-35)49-45(40-27-15-26-38-37-24-11-13-29-44(37)55-48(38)40)46-47(33-18-6-2-7-19-33)52-41-28-12-10-25-39(41)50(46)56-49/h1-31H. The lowest BCUT2D eigenvalue weighted by Crippen LogP contribution is -1.96. The van der Waals surface area contributed by atoms with Crippen LogP contribution < -0.4 is 0 Å². The molecule has 262 valence electrons. The number of rotatable bonds is 6. The first-order chi connectivity index (χ1) is 27.8. The fourth-order valence-corrected chi connectivity index (χ4v) is 9.23. The number of para-hydroxylation sites is 3. The highest BCUT2D eigenvalue weighted by atomic mass is 32.1. The first-order valence-electron chi connectivity index (χ1n) is 18.7. The van der Waals surface area contributed by atoms with Crippen LogP contribution in [0.25, 0.3) is 110 Å². The quantitative estimate of drug-likeness (QED) is 0.171. The molecule has 0 spiro atoms. The van der Waals surface area contributed by atoms with E-state index < -0.39 is 0 Å². The van der Waals surface area contributed by atoms with Crippen molar-refractivity contribution in [3.8, 4) is 66.7 Å². The van der Waals surface area contributed by atoms with Crippen molar-refractivity contribution in [3.63, 3.8) is 0 Å². The number of hydrogen-bond acceptors (Lipinski definition) is 5. The van der Waals surface area contributed by atoms with E-state index in [-0.39, 0.29) is 0 Å². The summed E-state index contributed by atoms with van der Waals surface area (Å²) in [6.07, 6.45) is 0. The summed E-state index contributed by atoms with van der Waals surface area (Å²) in [7, 11) is 0. The second-order valence-corrected chi connectivity index (χ2v) is 14.9. The maximum Gasteiger partial charge on any atom is 0.160 e. The number of fused-ring (bicyclic) bond motifs is 6. The van der Waals surface area contributed by atoms with Crippen LogP contribution in [0.2, 0.25) is 0 Å². The number of benzene rings is 7. The Morgan fingerprint density at radius 2 is 1.02 bits per heavy atom. The van der Waals surface area contributed by atoms with Crippen molar-refractivity contribution in [2.45, 2.75) is 0 Å². The summed E-state index contributed by atoms with van der Waals surface area (Å²) in [6, 6.07) is 65.3. The van der Waals surface area contributed by atoms with Gasteiger partial charge in [-0.25, -0.2) is 15.0 Å². The van der Waals surface area contributed by atoms with E-state index in [1.54, 1.807) is 0 Å². The highest BCUT2D eigenvalue weighted by molar-refractivity contribution is 7.24. The highest BCUT2D eigenvalue weighted by Crippen LogP contribution is 2.52. The van der Waals surface area contributed by atoms with Gasteiger partial charge in [-0.15, -0.1) is 11.3 Å². The van der Waals surface area contributed by atoms with Gasteiger partial charge in [0, 0.05) is 64.5 Å². The SMILES string of the molecule is c1ccc(-c2cc(-c3cccc(-c4sc5c(c(-c6ccccc6)nc6ccccc65)c4-c4cccc5c4oc4ccccc45)c3)nc(-c3ccccc3)n2)cc1. The minimum atomic E-state index is 0.691. The van der Waals surface area contributed by atoms with Gasteiger partial charge >= 0.3 is 0 Å². The minimum Gasteiger partial charge on any atom is -0.455 e. The summed E-state index contributed by atoms with van der Waals surface area (Å²) in [5.41, 5.74) is 12.8. The van der Waals surface area contributed by atoms with Crippen molar-refractivity contribution in [1.29, 1.82) is 0 Å². The van der Waals surface area contributed by atoms with Crippen molar-refractivity contribution in [3.05, 3.63) is 188 Å². The van der Waals surface area contributed by atoms with Crippen LogP contribution in [0.3, 0.4) is 0 Å². The van der Waals surface area contributed by atoms with E-state index >= 15 is 0 Å². The summed E-state index contributed by atoms with van der Waals surface area (Å²) in [5, 5.41) is 4.44. The molecule has 4 nitrogen and oxygen atoms in total. The molecule has 11 rings (SSSR count). The molecule has 0 bridgehead atoms. The third-order valence-corrected chi connectivity index (χ3v) is 11.8. The Morgan fingerprint density at radius 3 is 1.80 bits per heavy atom. The Bertz CT molecular complexity index is 3180. The molecule has 4 heterocycles. The second-order valence-electron chi connectivity index (χ2n) is 13.9. The molecule has 0 amide bonds. The first-order valence-corrected chi connectivity index (χ1v) is 19.5. The van der Waals surface area contributed by atoms with Gasteiger partial charge in [0.15, 0.2) is 5.82 Å². The van der Waals surface area contributed by atoms with Crippen LogP contribution in [0, 0.1) is 0 Å². The molecule has 0 radical (unpaired) electrons. The van der Waals surface area contributed by atoms with Crippen LogP contribution in [0.4, 0.5) is 0 Å². The maximum atomic E-state index is 6.75. The number of thiophene rings is 1. The molecule has 7 aromatic carbocycles. The van der Waals surface area contributed by atoms with E-state index in [1.165, 1.54) is 4.70 Å². The van der Waals surface area contributed by atoms with Crippen molar-refractivity contribution >= 4 is 54.3 Å². The molecule has 56 heavy (non-hydrogen) atoms. The average molecular weight is 734 g/mol. The summed E-state index contributed by atoms with van der Waals surface area (Å²) in [6.45, 7) is 0. The van der Waals surface area contributed by atoms with E-state index in [0.717, 1.165) is 99.1 Å². The largest absolute Gasteiger partial charge is 0.455 e. The molecule has 0 N–H and O–H groups in total. The molecule has 0 aliphatic heterocycles. The van der Waals surface area contributed by atoms with Crippen LogP contribution in [-0.2, 0) is 0 Å². The number of aromatic nitrogens is 3. The molecular weight excluding hydrogens is 703 g/mol. The van der Waals surface area contributed by atoms with E-state index in [1.807, 2.05) is 53.8 Å². The smallest absolute Gasteiger partial charge is 0.160 e. The molecule has 11 aromatic rings. The number of hydrogen-bond donors (Lipinski definition) is 0. The predicted octanol–water partition coefficient (Wildman–Crippen LogP) is 14.1. The molecule has 0 fully saturated rings. The van der Waals surface area contributed by atoms with Crippen LogP contribution in [0.5, 0.6) is 0 Å². The van der Waals surface area contributed by atoms with Crippen LogP contribution >= 0.6 is 11.3 Å². The zero-order valence-corrected chi connectivity index (χ0v) is 30.9. The van der Waals surface area contributed by atoms with E-state index in [0.29, 0.717) is 5.82 Å². The molecule has 0 unspecified atom stereocenters. The molecule has 0 aliphatic rings. The van der Waals surface area contributed by atoms with Gasteiger partial charge in [0.2, 0.25) is 0 Å². The molecule has 0 saturated heterocycles. The van der Waals surface area contributed by atoms with Gasteiger partial charge in [-0.1, -0.05) is 164 Å². The lowest BCUT2D eigenvalue weighted by atomic mass is 9.93. The van der Waals surface area contributed by atoms with Crippen molar-refractivity contribution in [2.75, 3.05) is 0 Å². The third kappa shape index (κ3) is 5.40. The summed E-state index contributed by atoms with van der Waals surface area (Å²) >= 11 is 1.82. The Labute approximate surface area is 327 Å². The van der Waals surface area contributed by atoms with Crippen LogP contribution in [0.15, 0.2) is 192 Å². The summed E-state index contributed by atoms with van der Waals surface area (Å²) in [4.78, 5) is 16.8. The number of furan rings is 1. The normalized spacial score (nSPS) is 11.6. The molecule has 0 aliphatic carbocycles. The Kier molecular flexibility index (Phi) is 7.64. The molecule has 0 atom stereocenters. The van der Waals surface area contributed by atoms with E-state index in [2.05, 4.69) is 146 Å². The molecule has 0 saturated carbocycles. The van der Waals surface area contributed by atoms with Gasteiger partial charge in [0.05, 0.1) is 22.6 Å². The molecule has 5 heteroatoms. The lowest BCUT2D eigenvalue weighted by molar-refractivity contribution is 0.670. The lowest BCUT2D eigenvalue weighted by Gasteiger charge is -2.12. The summed E-state index contributed by atoms with van der Waals surface area (Å²) in [5.74, 6) is 0.691. The highest BCUT2D eigenvalue weighted by Gasteiger charge is 2.25. The zero-order chi connectivity index (χ0) is 37.0. The van der Waals surface area contributed by atoms with Crippen molar-refractivity contribution < 1.29 is 4.42 Å². The third-order valence-electron chi connectivity index (χ3n) is 10.5. The van der Waals surface area contributed by atoms with Crippen LogP contribution in [-0.4, -0.2) is 15.0 Å². The molecule has 4 aromatic heterocycles. The fraction of sp³-hybridized carbons (Fsp3) is 0. The van der Waals surface area contributed by atoms with E-state index in [9.17, 15) is 0 Å². The van der Waals surface area contributed by atoms with Gasteiger partial charge < -0.3 is 4.42 Å². The second kappa shape index (κ2) is 13.3. The van der Waals surface area contributed by atoms with Gasteiger partial charge in [0.1, 0.15) is 11.2 Å². The van der Waals surface area contributed by atoms with E-state index in [4.69, 9.17) is 19.4 Å². The molecular formula is C51H31N3OS. The van der Waals surface area contributed by atoms with Crippen molar-refractivity contribution in [2.24, 2.45) is 0 Å². The van der Waals surface area contributed by atoms with Gasteiger partial charge in [-0.2, -0.15) is 0 Å². The Morgan fingerprint density at radius 1 is 0.429 bits per heavy atom. The zero-order valence-electron chi connectivity index (χ0n) is 30.1. The topological polar surface area (TPSA) is 51.8 Å². The van der Waals surface area contributed by atoms with Gasteiger partial charge in [0.25, 0.3) is 0 Å². The van der Waals surface area contributed by atoms with Gasteiger partial charge in [-0.3, -0.25) is 0 Å². The Balaban J connectivity index is 1.21. The Hall–Kier alpha value is -7.21. The average Bonchev–Trinajstić information content (AvgIpc) is 3.87. The van der Waals surface area contributed by atoms with Crippen molar-refractivity contribution in [1.82, 2.24) is 15.0 Å². The minimum absolute atomic E-state index is 0.691. The summed E-state index contributed by atoms with van der Waals surface area (Å²) < 4.78 is 7.94. The van der Waals surface area contributed by atoms with Gasteiger partial charge in [-0.05, 0) is 29.8 Å². The van der Waals surface area contributed by atoms with Crippen LogP contribution in [0.1, 0.15) is 0 Å². The number of nitrogens with zero attached hydrogens (tertiary/aromatic N) is 3. The maximum absolute atomic E-state index is 6.75. The number of pyridine rings is 1. The monoisotopic (exact) mass is 733 g/mol. The fourth-order valence-electron chi connectivity index (χ4n) is 7.88.